The Morgan fingerprint density at radius 1 is 1.41 bits per heavy atom. The van der Waals surface area contributed by atoms with Crippen LogP contribution in [0, 0.1) is 5.41 Å². The number of Topliss-reactive ketones (excluding diaryl/α,β-unsaturated/α-hetero) is 1. The predicted octanol–water partition coefficient (Wildman–Crippen LogP) is 2.77. The number of benzene rings is 1. The second-order valence-corrected chi connectivity index (χ2v) is 7.62. The quantitative estimate of drug-likeness (QED) is 0.932. The highest BCUT2D eigenvalue weighted by molar-refractivity contribution is 7.99. The van der Waals surface area contributed by atoms with Gasteiger partial charge in [0.25, 0.3) is 0 Å². The van der Waals surface area contributed by atoms with Gasteiger partial charge in [-0.1, -0.05) is 19.1 Å². The number of rotatable bonds is 3. The highest BCUT2D eigenvalue weighted by atomic mass is 32.2. The van der Waals surface area contributed by atoms with Crippen molar-refractivity contribution in [1.82, 2.24) is 0 Å². The van der Waals surface area contributed by atoms with Crippen LogP contribution in [0.3, 0.4) is 0 Å². The smallest absolute Gasteiger partial charge is 0.319 e. The molecule has 4 nitrogen and oxygen atoms in total. The summed E-state index contributed by atoms with van der Waals surface area (Å²) in [6.07, 6.45) is 3.30. The molecule has 22 heavy (non-hydrogen) atoms. The second kappa shape index (κ2) is 5.95. The van der Waals surface area contributed by atoms with Crippen molar-refractivity contribution in [2.75, 3.05) is 23.0 Å². The van der Waals surface area contributed by atoms with E-state index in [1.165, 1.54) is 0 Å². The van der Waals surface area contributed by atoms with Crippen molar-refractivity contribution in [3.63, 3.8) is 0 Å². The summed E-state index contributed by atoms with van der Waals surface area (Å²) >= 11 is 1.86. The minimum atomic E-state index is -0.413. The van der Waals surface area contributed by atoms with E-state index in [9.17, 15) is 9.59 Å². The minimum absolute atomic E-state index is 0.191. The zero-order valence-electron chi connectivity index (χ0n) is 12.9. The van der Waals surface area contributed by atoms with Crippen LogP contribution in [0.1, 0.15) is 30.9 Å². The highest BCUT2D eigenvalue weighted by Gasteiger charge is 2.36. The van der Waals surface area contributed by atoms with E-state index in [1.807, 2.05) is 30.0 Å². The molecule has 1 unspecified atom stereocenters. The fourth-order valence-corrected chi connectivity index (χ4v) is 4.74. The number of carbonyl (C=O) groups is 2. The zero-order valence-corrected chi connectivity index (χ0v) is 13.7. The topological polar surface area (TPSA) is 63.4 Å². The number of carbonyl (C=O) groups excluding carboxylic acids is 2. The van der Waals surface area contributed by atoms with E-state index in [0.717, 1.165) is 47.6 Å². The van der Waals surface area contributed by atoms with Crippen LogP contribution in [0.5, 0.6) is 0 Å². The van der Waals surface area contributed by atoms with E-state index >= 15 is 0 Å². The Bertz CT molecular complexity index is 609. The molecule has 1 saturated heterocycles. The van der Waals surface area contributed by atoms with Crippen molar-refractivity contribution in [3.8, 4) is 0 Å². The van der Waals surface area contributed by atoms with Crippen LogP contribution in [0.2, 0.25) is 0 Å². The number of aryl methyl sites for hydroxylation is 1. The molecule has 2 aliphatic rings. The lowest BCUT2D eigenvalue weighted by atomic mass is 9.82. The summed E-state index contributed by atoms with van der Waals surface area (Å²) in [4.78, 5) is 25.8. The van der Waals surface area contributed by atoms with Crippen LogP contribution in [-0.2, 0) is 17.6 Å². The third-order valence-corrected chi connectivity index (χ3v) is 6.13. The first kappa shape index (κ1) is 15.4. The molecule has 1 aromatic rings. The molecule has 118 valence electrons. The maximum Gasteiger partial charge on any atom is 0.319 e. The van der Waals surface area contributed by atoms with Crippen LogP contribution in [0.4, 0.5) is 10.5 Å². The number of nitrogens with zero attached hydrogens (tertiary/aromatic N) is 1. The van der Waals surface area contributed by atoms with E-state index < -0.39 is 6.03 Å². The van der Waals surface area contributed by atoms with E-state index in [-0.39, 0.29) is 5.41 Å². The van der Waals surface area contributed by atoms with Gasteiger partial charge in [-0.25, -0.2) is 4.79 Å². The van der Waals surface area contributed by atoms with Crippen LogP contribution < -0.4 is 10.6 Å². The van der Waals surface area contributed by atoms with Gasteiger partial charge in [0.05, 0.1) is 0 Å². The first-order valence-corrected chi connectivity index (χ1v) is 8.95. The highest BCUT2D eigenvalue weighted by Crippen LogP contribution is 2.37. The fraction of sp³-hybridized carbons (Fsp3) is 0.529. The maximum absolute atomic E-state index is 12.6. The molecule has 0 spiro atoms. The molecule has 3 rings (SSSR count). The summed E-state index contributed by atoms with van der Waals surface area (Å²) in [6, 6.07) is 5.62. The number of ketones is 1. The average molecular weight is 318 g/mol. The van der Waals surface area contributed by atoms with Crippen LogP contribution >= 0.6 is 11.8 Å². The van der Waals surface area contributed by atoms with Gasteiger partial charge < -0.3 is 5.73 Å². The second-order valence-electron chi connectivity index (χ2n) is 6.52. The van der Waals surface area contributed by atoms with Gasteiger partial charge in [0, 0.05) is 29.8 Å². The molecule has 5 heteroatoms. The summed E-state index contributed by atoms with van der Waals surface area (Å²) in [5.41, 5.74) is 8.29. The van der Waals surface area contributed by atoms with Crippen molar-refractivity contribution in [3.05, 3.63) is 29.3 Å². The van der Waals surface area contributed by atoms with Gasteiger partial charge in [-0.2, -0.15) is 11.8 Å². The van der Waals surface area contributed by atoms with Crippen LogP contribution in [0.15, 0.2) is 18.2 Å². The Balaban J connectivity index is 1.82. The fourth-order valence-electron chi connectivity index (χ4n) is 3.24. The Morgan fingerprint density at radius 3 is 2.91 bits per heavy atom. The predicted molar refractivity (Wildman–Crippen MR) is 90.5 cm³/mol. The molecule has 1 aromatic carbocycles. The van der Waals surface area contributed by atoms with Gasteiger partial charge in [-0.3, -0.25) is 9.69 Å². The summed E-state index contributed by atoms with van der Waals surface area (Å²) in [7, 11) is 0. The average Bonchev–Trinajstić information content (AvgIpc) is 2.94. The first-order valence-electron chi connectivity index (χ1n) is 7.79. The molecule has 0 saturated carbocycles. The number of nitrogens with two attached hydrogens (primary N) is 1. The lowest BCUT2D eigenvalue weighted by molar-refractivity contribution is -0.126. The molecule has 2 N–H and O–H groups in total. The minimum Gasteiger partial charge on any atom is -0.351 e. The molecular weight excluding hydrogens is 296 g/mol. The number of hydrogen-bond acceptors (Lipinski definition) is 3. The van der Waals surface area contributed by atoms with Crippen LogP contribution in [-0.4, -0.2) is 29.9 Å². The lowest BCUT2D eigenvalue weighted by Gasteiger charge is -2.28. The normalized spacial score (nSPS) is 24.1. The molecule has 0 aliphatic carbocycles. The molecule has 0 bridgehead atoms. The number of primary amides is 1. The van der Waals surface area contributed by atoms with E-state index in [2.05, 4.69) is 6.92 Å². The van der Waals surface area contributed by atoms with Gasteiger partial charge in [0.1, 0.15) is 5.78 Å². The van der Waals surface area contributed by atoms with Crippen molar-refractivity contribution in [1.29, 1.82) is 0 Å². The van der Waals surface area contributed by atoms with E-state index in [0.29, 0.717) is 18.7 Å². The lowest BCUT2D eigenvalue weighted by Crippen LogP contribution is -2.39. The van der Waals surface area contributed by atoms with Crippen molar-refractivity contribution < 1.29 is 9.59 Å². The van der Waals surface area contributed by atoms with Crippen molar-refractivity contribution >= 4 is 29.3 Å². The largest absolute Gasteiger partial charge is 0.351 e. The van der Waals surface area contributed by atoms with Crippen molar-refractivity contribution in [2.45, 2.75) is 32.6 Å². The first-order chi connectivity index (χ1) is 10.5. The molecule has 2 aliphatic heterocycles. The summed E-state index contributed by atoms with van der Waals surface area (Å²) < 4.78 is 0. The number of fused-ring (bicyclic) bond motifs is 1. The summed E-state index contributed by atoms with van der Waals surface area (Å²) in [6.45, 7) is 2.73. The molecule has 0 radical (unpaired) electrons. The van der Waals surface area contributed by atoms with Gasteiger partial charge in [-0.15, -0.1) is 0 Å². The molecule has 1 atom stereocenters. The molecule has 1 fully saturated rings. The Labute approximate surface area is 135 Å². The summed E-state index contributed by atoms with van der Waals surface area (Å²) in [5, 5.41) is 0. The number of thioether (sulfide) groups is 1. The Hall–Kier alpha value is -1.49. The van der Waals surface area contributed by atoms with Gasteiger partial charge in [0.2, 0.25) is 0 Å². The molecule has 0 aromatic heterocycles. The van der Waals surface area contributed by atoms with Gasteiger partial charge in [0.15, 0.2) is 0 Å². The van der Waals surface area contributed by atoms with Crippen molar-refractivity contribution in [2.24, 2.45) is 11.1 Å². The molecular formula is C17H22N2O2S. The number of amides is 2. The Morgan fingerprint density at radius 2 is 2.23 bits per heavy atom. The zero-order chi connectivity index (χ0) is 15.7. The van der Waals surface area contributed by atoms with E-state index in [1.54, 1.807) is 4.90 Å². The van der Waals surface area contributed by atoms with Gasteiger partial charge >= 0.3 is 6.03 Å². The number of anilines is 1. The Kier molecular flexibility index (Phi) is 4.17. The van der Waals surface area contributed by atoms with E-state index in [4.69, 9.17) is 5.73 Å². The monoisotopic (exact) mass is 318 g/mol. The molecule has 2 heterocycles. The SMILES string of the molecule is CC1(C(=O)Cc2ccc3c(c2)N(C(N)=O)CCC3)CCSC1. The standard InChI is InChI=1S/C17H22N2O2S/c1-17(6-8-22-11-17)15(20)10-12-4-5-13-3-2-7-19(16(18)21)14(13)9-12/h4-5,9H,2-3,6-8,10-11H2,1H3,(H2,18,21). The summed E-state index contributed by atoms with van der Waals surface area (Å²) in [5.74, 6) is 2.30. The van der Waals surface area contributed by atoms with Gasteiger partial charge in [-0.05, 0) is 42.2 Å². The van der Waals surface area contributed by atoms with Crippen LogP contribution in [0.25, 0.3) is 0 Å². The third-order valence-electron chi connectivity index (χ3n) is 4.79. The number of urea groups is 1. The molecule has 2 amide bonds. The number of hydrogen-bond donors (Lipinski definition) is 1. The maximum atomic E-state index is 12.6. The third kappa shape index (κ3) is 2.86.